The quantitative estimate of drug-likeness (QED) is 0.866. The molecule has 0 radical (unpaired) electrons. The van der Waals surface area contributed by atoms with Gasteiger partial charge in [-0.05, 0) is 25.0 Å². The van der Waals surface area contributed by atoms with Crippen molar-refractivity contribution in [3.8, 4) is 0 Å². The first-order chi connectivity index (χ1) is 10.2. The van der Waals surface area contributed by atoms with Crippen LogP contribution in [0.1, 0.15) is 12.8 Å². The molecule has 1 aromatic carbocycles. The van der Waals surface area contributed by atoms with Crippen LogP contribution in [-0.2, 0) is 14.3 Å². The molecule has 21 heavy (non-hydrogen) atoms. The third-order valence-corrected chi connectivity index (χ3v) is 5.01. The molecule has 3 heterocycles. The number of imide groups is 1. The van der Waals surface area contributed by atoms with E-state index in [0.717, 1.165) is 18.5 Å². The maximum absolute atomic E-state index is 12.4. The molecule has 1 aromatic rings. The Balaban J connectivity index is 1.51. The largest absolute Gasteiger partial charge is 0.373 e. The molecule has 0 saturated carbocycles. The van der Waals surface area contributed by atoms with Gasteiger partial charge in [-0.15, -0.1) is 0 Å². The zero-order valence-corrected chi connectivity index (χ0v) is 12.0. The summed E-state index contributed by atoms with van der Waals surface area (Å²) in [5.41, 5.74) is 0.719. The van der Waals surface area contributed by atoms with Crippen LogP contribution in [0.25, 0.3) is 0 Å². The van der Waals surface area contributed by atoms with Crippen LogP contribution < -0.4 is 5.32 Å². The monoisotopic (exact) mass is 306 g/mol. The molecule has 4 atom stereocenters. The number of hydrogen-bond acceptors (Lipinski definition) is 4. The topological polar surface area (TPSA) is 58.6 Å². The molecule has 3 aliphatic heterocycles. The van der Waals surface area contributed by atoms with Crippen molar-refractivity contribution in [2.24, 2.45) is 11.8 Å². The number of benzene rings is 1. The minimum absolute atomic E-state index is 0.0678. The number of para-hydroxylation sites is 1. The number of halogens is 1. The zero-order chi connectivity index (χ0) is 14.6. The van der Waals surface area contributed by atoms with Crippen LogP contribution in [0.15, 0.2) is 24.3 Å². The molecule has 1 N–H and O–H groups in total. The number of fused-ring (bicyclic) bond motifs is 5. The van der Waals surface area contributed by atoms with Crippen LogP contribution in [0.4, 0.5) is 5.69 Å². The molecule has 0 aromatic heterocycles. The summed E-state index contributed by atoms with van der Waals surface area (Å²) >= 11 is 6.06. The fourth-order valence-corrected chi connectivity index (χ4v) is 3.90. The summed E-state index contributed by atoms with van der Waals surface area (Å²) in [7, 11) is 0. The lowest BCUT2D eigenvalue weighted by molar-refractivity contribution is -0.142. The lowest BCUT2D eigenvalue weighted by atomic mass is 9.81. The summed E-state index contributed by atoms with van der Waals surface area (Å²) in [6.45, 7) is 0.161. The van der Waals surface area contributed by atoms with E-state index in [9.17, 15) is 9.59 Å². The lowest BCUT2D eigenvalue weighted by Crippen LogP contribution is -2.38. The van der Waals surface area contributed by atoms with Crippen LogP contribution in [0.3, 0.4) is 0 Å². The van der Waals surface area contributed by atoms with Crippen molar-refractivity contribution in [1.29, 1.82) is 0 Å². The van der Waals surface area contributed by atoms with Gasteiger partial charge < -0.3 is 10.1 Å². The van der Waals surface area contributed by atoms with E-state index in [1.807, 2.05) is 18.2 Å². The molecule has 3 saturated heterocycles. The highest BCUT2D eigenvalue weighted by atomic mass is 35.5. The molecule has 5 nitrogen and oxygen atoms in total. The van der Waals surface area contributed by atoms with Crippen LogP contribution in [0.2, 0.25) is 5.02 Å². The molecular weight excluding hydrogens is 292 g/mol. The Bertz CT molecular complexity index is 593. The summed E-state index contributed by atoms with van der Waals surface area (Å²) in [6.07, 6.45) is 1.64. The average Bonchev–Trinajstić information content (AvgIpc) is 3.14. The second kappa shape index (κ2) is 4.71. The molecule has 0 spiro atoms. The van der Waals surface area contributed by atoms with Crippen molar-refractivity contribution >= 4 is 29.1 Å². The van der Waals surface area contributed by atoms with Gasteiger partial charge in [-0.25, -0.2) is 0 Å². The Morgan fingerprint density at radius 2 is 1.76 bits per heavy atom. The van der Waals surface area contributed by atoms with Crippen LogP contribution in [-0.4, -0.2) is 35.6 Å². The number of likely N-dealkylation sites (tertiary alicyclic amines) is 1. The van der Waals surface area contributed by atoms with Crippen molar-refractivity contribution in [1.82, 2.24) is 4.90 Å². The minimum Gasteiger partial charge on any atom is -0.373 e. The number of nitrogens with zero attached hydrogens (tertiary/aromatic N) is 1. The summed E-state index contributed by atoms with van der Waals surface area (Å²) in [6, 6.07) is 7.27. The van der Waals surface area contributed by atoms with Gasteiger partial charge in [0.05, 0.1) is 41.4 Å². The highest BCUT2D eigenvalue weighted by Crippen LogP contribution is 2.48. The molecule has 0 aliphatic carbocycles. The van der Waals surface area contributed by atoms with Gasteiger partial charge in [0.2, 0.25) is 11.8 Å². The van der Waals surface area contributed by atoms with Gasteiger partial charge in [-0.2, -0.15) is 0 Å². The number of amides is 2. The summed E-state index contributed by atoms with van der Waals surface area (Å²) in [4.78, 5) is 26.2. The smallest absolute Gasteiger partial charge is 0.237 e. The Kier molecular flexibility index (Phi) is 2.94. The van der Waals surface area contributed by atoms with E-state index in [2.05, 4.69) is 5.32 Å². The van der Waals surface area contributed by atoms with Gasteiger partial charge in [0.1, 0.15) is 0 Å². The lowest BCUT2D eigenvalue weighted by Gasteiger charge is -2.19. The second-order valence-electron chi connectivity index (χ2n) is 5.76. The molecule has 6 heteroatoms. The Hall–Kier alpha value is -1.59. The first kappa shape index (κ1) is 13.1. The maximum Gasteiger partial charge on any atom is 0.237 e. The molecular formula is C15H15ClN2O3. The van der Waals surface area contributed by atoms with E-state index in [1.54, 1.807) is 6.07 Å². The van der Waals surface area contributed by atoms with Crippen molar-refractivity contribution in [2.75, 3.05) is 12.0 Å². The number of hydrogen-bond donors (Lipinski definition) is 1. The molecule has 3 aliphatic rings. The van der Waals surface area contributed by atoms with Crippen molar-refractivity contribution in [3.63, 3.8) is 0 Å². The molecule has 2 amide bonds. The number of carbonyl (C=O) groups is 2. The standard InChI is InChI=1S/C15H15ClN2O3/c16-8-3-1-2-4-9(8)17-7-18-14(19)12-10-5-6-11(21-10)13(12)15(18)20/h1-4,10-13,17H,5-7H2/t10-,11-,12-,13+/m1/s1. The first-order valence-corrected chi connectivity index (χ1v) is 7.53. The number of ether oxygens (including phenoxy) is 1. The second-order valence-corrected chi connectivity index (χ2v) is 6.17. The third kappa shape index (κ3) is 1.88. The molecule has 3 fully saturated rings. The summed E-state index contributed by atoms with van der Waals surface area (Å²) in [5.74, 6) is -0.776. The van der Waals surface area contributed by atoms with Crippen LogP contribution in [0, 0.1) is 11.8 Å². The minimum atomic E-state index is -0.274. The number of carbonyl (C=O) groups excluding carboxylic acids is 2. The predicted molar refractivity (Wildman–Crippen MR) is 76.7 cm³/mol. The fraction of sp³-hybridized carbons (Fsp3) is 0.467. The highest BCUT2D eigenvalue weighted by Gasteiger charge is 2.62. The van der Waals surface area contributed by atoms with Crippen molar-refractivity contribution in [2.45, 2.75) is 25.0 Å². The fourth-order valence-electron chi connectivity index (χ4n) is 3.70. The Morgan fingerprint density at radius 3 is 2.38 bits per heavy atom. The maximum atomic E-state index is 12.4. The SMILES string of the molecule is O=C1[C@@H]2[C@H](C(=O)N1CNc1ccccc1Cl)[C@H]1CC[C@H]2O1. The normalized spacial score (nSPS) is 33.7. The number of rotatable bonds is 3. The van der Waals surface area contributed by atoms with Gasteiger partial charge in [0, 0.05) is 0 Å². The van der Waals surface area contributed by atoms with Crippen LogP contribution in [0.5, 0.6) is 0 Å². The van der Waals surface area contributed by atoms with Gasteiger partial charge in [-0.3, -0.25) is 14.5 Å². The average molecular weight is 307 g/mol. The third-order valence-electron chi connectivity index (χ3n) is 4.68. The van der Waals surface area contributed by atoms with Gasteiger partial charge in [-0.1, -0.05) is 23.7 Å². The molecule has 0 unspecified atom stereocenters. The van der Waals surface area contributed by atoms with Gasteiger partial charge >= 0.3 is 0 Å². The van der Waals surface area contributed by atoms with E-state index in [-0.39, 0.29) is 42.5 Å². The van der Waals surface area contributed by atoms with E-state index >= 15 is 0 Å². The number of anilines is 1. The van der Waals surface area contributed by atoms with Crippen molar-refractivity contribution in [3.05, 3.63) is 29.3 Å². The number of nitrogens with one attached hydrogen (secondary N) is 1. The molecule has 2 bridgehead atoms. The summed E-state index contributed by atoms with van der Waals surface area (Å²) < 4.78 is 5.70. The van der Waals surface area contributed by atoms with Crippen LogP contribution >= 0.6 is 11.6 Å². The van der Waals surface area contributed by atoms with E-state index in [4.69, 9.17) is 16.3 Å². The highest BCUT2D eigenvalue weighted by molar-refractivity contribution is 6.33. The predicted octanol–water partition coefficient (Wildman–Crippen LogP) is 1.87. The van der Waals surface area contributed by atoms with Crippen molar-refractivity contribution < 1.29 is 14.3 Å². The Labute approximate surface area is 127 Å². The summed E-state index contributed by atoms with van der Waals surface area (Å²) in [5, 5.41) is 3.64. The Morgan fingerprint density at radius 1 is 1.14 bits per heavy atom. The first-order valence-electron chi connectivity index (χ1n) is 7.16. The van der Waals surface area contributed by atoms with E-state index in [1.165, 1.54) is 4.90 Å². The molecule has 4 rings (SSSR count). The molecule has 110 valence electrons. The van der Waals surface area contributed by atoms with E-state index in [0.29, 0.717) is 5.02 Å². The van der Waals surface area contributed by atoms with Gasteiger partial charge in [0.15, 0.2) is 0 Å². The zero-order valence-electron chi connectivity index (χ0n) is 11.3. The van der Waals surface area contributed by atoms with Gasteiger partial charge in [0.25, 0.3) is 0 Å². The van der Waals surface area contributed by atoms with E-state index < -0.39 is 0 Å².